The van der Waals surface area contributed by atoms with Gasteiger partial charge in [0.1, 0.15) is 0 Å². The Morgan fingerprint density at radius 2 is 2.25 bits per heavy atom. The van der Waals surface area contributed by atoms with Gasteiger partial charge in [0.05, 0.1) is 12.3 Å². The first-order chi connectivity index (χ1) is 7.63. The van der Waals surface area contributed by atoms with E-state index in [-0.39, 0.29) is 12.6 Å². The number of likely N-dealkylation sites (tertiary alicyclic amines) is 1. The second-order valence-electron chi connectivity index (χ2n) is 4.13. The van der Waals surface area contributed by atoms with Crippen LogP contribution in [-0.4, -0.2) is 38.8 Å². The second kappa shape index (κ2) is 4.92. The number of aliphatic hydroxyl groups is 1. The number of imidazole rings is 1. The molecule has 1 saturated heterocycles. The summed E-state index contributed by atoms with van der Waals surface area (Å²) in [6, 6.07) is 0.241. The van der Waals surface area contributed by atoms with E-state index in [1.807, 2.05) is 7.05 Å². The molecule has 0 amide bonds. The molecule has 0 aliphatic carbocycles. The number of hydrogen-bond donors (Lipinski definition) is 1. The zero-order valence-corrected chi connectivity index (χ0v) is 10.7. The highest BCUT2D eigenvalue weighted by molar-refractivity contribution is 6.32. The lowest BCUT2D eigenvalue weighted by atomic mass is 10.2. The molecule has 1 aromatic rings. The minimum Gasteiger partial charge on any atom is -0.395 e. The van der Waals surface area contributed by atoms with Crippen LogP contribution in [0.25, 0.3) is 0 Å². The molecule has 0 saturated carbocycles. The van der Waals surface area contributed by atoms with Crippen LogP contribution in [0.2, 0.25) is 10.4 Å². The van der Waals surface area contributed by atoms with Crippen LogP contribution in [0.1, 0.15) is 18.5 Å². The number of aliphatic hydroxyl groups excluding tert-OH is 1. The summed E-state index contributed by atoms with van der Waals surface area (Å²) in [6.45, 7) is 1.88. The Hall–Kier alpha value is -0.290. The van der Waals surface area contributed by atoms with Gasteiger partial charge >= 0.3 is 0 Å². The van der Waals surface area contributed by atoms with E-state index in [4.69, 9.17) is 23.2 Å². The third-order valence-corrected chi connectivity index (χ3v) is 3.81. The molecule has 90 valence electrons. The summed E-state index contributed by atoms with van der Waals surface area (Å²) in [7, 11) is 1.85. The van der Waals surface area contributed by atoms with Gasteiger partial charge in [-0.05, 0) is 31.0 Å². The Labute approximate surface area is 105 Å². The van der Waals surface area contributed by atoms with E-state index < -0.39 is 0 Å². The summed E-state index contributed by atoms with van der Waals surface area (Å²) in [5, 5.41) is 10.1. The van der Waals surface area contributed by atoms with E-state index >= 15 is 0 Å². The highest BCUT2D eigenvalue weighted by atomic mass is 35.5. The smallest absolute Gasteiger partial charge is 0.204 e. The van der Waals surface area contributed by atoms with Crippen LogP contribution in [0, 0.1) is 0 Å². The lowest BCUT2D eigenvalue weighted by Gasteiger charge is -2.22. The van der Waals surface area contributed by atoms with Crippen molar-refractivity contribution in [3.05, 3.63) is 16.1 Å². The molecule has 0 unspecified atom stereocenters. The molecule has 1 atom stereocenters. The summed E-state index contributed by atoms with van der Waals surface area (Å²) >= 11 is 11.9. The molecule has 0 spiro atoms. The van der Waals surface area contributed by atoms with Crippen LogP contribution >= 0.6 is 23.2 Å². The summed E-state index contributed by atoms with van der Waals surface area (Å²) in [5.74, 6) is 0. The van der Waals surface area contributed by atoms with E-state index in [9.17, 15) is 5.11 Å². The van der Waals surface area contributed by atoms with Crippen LogP contribution in [-0.2, 0) is 13.6 Å². The molecule has 1 N–H and O–H groups in total. The fourth-order valence-electron chi connectivity index (χ4n) is 2.14. The third-order valence-electron chi connectivity index (χ3n) is 3.17. The van der Waals surface area contributed by atoms with E-state index in [0.717, 1.165) is 25.1 Å². The van der Waals surface area contributed by atoms with Crippen molar-refractivity contribution < 1.29 is 5.11 Å². The molecule has 1 aromatic heterocycles. The molecule has 0 bridgehead atoms. The molecule has 0 aromatic carbocycles. The number of aromatic nitrogens is 2. The van der Waals surface area contributed by atoms with E-state index in [1.165, 1.54) is 0 Å². The molecular weight excluding hydrogens is 249 g/mol. The van der Waals surface area contributed by atoms with Gasteiger partial charge in [-0.2, -0.15) is 0 Å². The SMILES string of the molecule is Cn1c(Cl)nc(Cl)c1CN1CCC[C@H]1CO. The molecule has 16 heavy (non-hydrogen) atoms. The van der Waals surface area contributed by atoms with Gasteiger partial charge in [-0.3, -0.25) is 4.90 Å². The standard InChI is InChI=1S/C10H15Cl2N3O/c1-14-8(9(11)13-10(14)12)5-15-4-2-3-7(15)6-16/h7,16H,2-6H2,1H3/t7-/m0/s1. The van der Waals surface area contributed by atoms with Crippen molar-refractivity contribution in [2.75, 3.05) is 13.2 Å². The fraction of sp³-hybridized carbons (Fsp3) is 0.700. The summed E-state index contributed by atoms with van der Waals surface area (Å²) < 4.78 is 1.79. The van der Waals surface area contributed by atoms with Gasteiger partial charge in [0.15, 0.2) is 5.15 Å². The van der Waals surface area contributed by atoms with Gasteiger partial charge in [-0.15, -0.1) is 0 Å². The van der Waals surface area contributed by atoms with Crippen molar-refractivity contribution in [1.82, 2.24) is 14.5 Å². The second-order valence-corrected chi connectivity index (χ2v) is 4.82. The minimum atomic E-state index is 0.198. The normalized spacial score (nSPS) is 21.9. The Morgan fingerprint density at radius 1 is 1.50 bits per heavy atom. The van der Waals surface area contributed by atoms with Crippen molar-refractivity contribution in [2.45, 2.75) is 25.4 Å². The molecule has 4 nitrogen and oxygen atoms in total. The van der Waals surface area contributed by atoms with Crippen molar-refractivity contribution in [3.63, 3.8) is 0 Å². The monoisotopic (exact) mass is 263 g/mol. The maximum Gasteiger partial charge on any atom is 0.204 e. The molecule has 0 radical (unpaired) electrons. The van der Waals surface area contributed by atoms with Gasteiger partial charge in [-0.25, -0.2) is 4.98 Å². The molecule has 1 aliphatic heterocycles. The maximum absolute atomic E-state index is 9.24. The number of halogens is 2. The lowest BCUT2D eigenvalue weighted by molar-refractivity contribution is 0.151. The van der Waals surface area contributed by atoms with Gasteiger partial charge in [0, 0.05) is 19.6 Å². The topological polar surface area (TPSA) is 41.3 Å². The predicted octanol–water partition coefficient (Wildman–Crippen LogP) is 1.68. The molecular formula is C10H15Cl2N3O. The van der Waals surface area contributed by atoms with Crippen LogP contribution in [0.15, 0.2) is 0 Å². The minimum absolute atomic E-state index is 0.198. The average molecular weight is 264 g/mol. The molecule has 1 fully saturated rings. The highest BCUT2D eigenvalue weighted by Gasteiger charge is 2.25. The predicted molar refractivity (Wildman–Crippen MR) is 63.7 cm³/mol. The lowest BCUT2D eigenvalue weighted by Crippen LogP contribution is -2.32. The number of hydrogen-bond acceptors (Lipinski definition) is 3. The first-order valence-corrected chi connectivity index (χ1v) is 6.10. The Balaban J connectivity index is 2.14. The fourth-order valence-corrected chi connectivity index (χ4v) is 2.64. The summed E-state index contributed by atoms with van der Waals surface area (Å²) in [6.07, 6.45) is 2.16. The molecule has 6 heteroatoms. The van der Waals surface area contributed by atoms with Gasteiger partial charge in [0.25, 0.3) is 0 Å². The third kappa shape index (κ3) is 2.20. The van der Waals surface area contributed by atoms with E-state index in [1.54, 1.807) is 4.57 Å². The quantitative estimate of drug-likeness (QED) is 0.903. The zero-order chi connectivity index (χ0) is 11.7. The van der Waals surface area contributed by atoms with Crippen LogP contribution in [0.3, 0.4) is 0 Å². The first kappa shape index (κ1) is 12.2. The Bertz CT molecular complexity index is 380. The van der Waals surface area contributed by atoms with Gasteiger partial charge in [-0.1, -0.05) is 11.6 Å². The van der Waals surface area contributed by atoms with Crippen molar-refractivity contribution in [1.29, 1.82) is 0 Å². The largest absolute Gasteiger partial charge is 0.395 e. The van der Waals surface area contributed by atoms with Gasteiger partial charge < -0.3 is 9.67 Å². The molecule has 2 rings (SSSR count). The Kier molecular flexibility index (Phi) is 3.74. The molecule has 2 heterocycles. The highest BCUT2D eigenvalue weighted by Crippen LogP contribution is 2.25. The van der Waals surface area contributed by atoms with Crippen LogP contribution < -0.4 is 0 Å². The average Bonchev–Trinajstić information content (AvgIpc) is 2.79. The van der Waals surface area contributed by atoms with Crippen molar-refractivity contribution in [2.24, 2.45) is 7.05 Å². The summed E-state index contributed by atoms with van der Waals surface area (Å²) in [4.78, 5) is 6.23. The van der Waals surface area contributed by atoms with Gasteiger partial charge in [0.2, 0.25) is 5.28 Å². The van der Waals surface area contributed by atoms with E-state index in [0.29, 0.717) is 17.0 Å². The number of nitrogens with zero attached hydrogens (tertiary/aromatic N) is 3. The first-order valence-electron chi connectivity index (χ1n) is 5.35. The van der Waals surface area contributed by atoms with Crippen molar-refractivity contribution >= 4 is 23.2 Å². The van der Waals surface area contributed by atoms with Crippen LogP contribution in [0.5, 0.6) is 0 Å². The summed E-state index contributed by atoms with van der Waals surface area (Å²) in [5.41, 5.74) is 0.909. The zero-order valence-electron chi connectivity index (χ0n) is 9.16. The van der Waals surface area contributed by atoms with Crippen LogP contribution in [0.4, 0.5) is 0 Å². The molecule has 1 aliphatic rings. The van der Waals surface area contributed by atoms with E-state index in [2.05, 4.69) is 9.88 Å². The Morgan fingerprint density at radius 3 is 2.81 bits per heavy atom. The maximum atomic E-state index is 9.24. The van der Waals surface area contributed by atoms with Crippen molar-refractivity contribution in [3.8, 4) is 0 Å². The number of rotatable bonds is 3.